The van der Waals surface area contributed by atoms with E-state index in [2.05, 4.69) is 6.07 Å². The molecule has 0 saturated carbocycles. The number of fused-ring (bicyclic) bond motifs is 1. The zero-order chi connectivity index (χ0) is 9.42. The fourth-order valence-electron chi connectivity index (χ4n) is 1.18. The molecule has 1 aliphatic rings. The van der Waals surface area contributed by atoms with Crippen LogP contribution in [0.15, 0.2) is 12.1 Å². The molecule has 2 rings (SSSR count). The van der Waals surface area contributed by atoms with E-state index in [1.165, 1.54) is 4.90 Å². The summed E-state index contributed by atoms with van der Waals surface area (Å²) in [6.45, 7) is 0.0711. The fraction of sp³-hybridized carbons (Fsp3) is 0.222. The number of amides is 1. The Bertz CT molecular complexity index is 365. The summed E-state index contributed by atoms with van der Waals surface area (Å²) >= 11 is 5.76. The molecule has 0 unspecified atom stereocenters. The molecule has 1 aliphatic heterocycles. The number of hydrogen-bond acceptors (Lipinski definition) is 2. The van der Waals surface area contributed by atoms with Gasteiger partial charge < -0.3 is 9.64 Å². The molecule has 0 fully saturated rings. The minimum Gasteiger partial charge on any atom is -0.508 e. The number of nitrogens with zero attached hydrogens (tertiary/aromatic N) is 1. The van der Waals surface area contributed by atoms with Gasteiger partial charge in [0.2, 0.25) is 0 Å². The van der Waals surface area contributed by atoms with Gasteiger partial charge in [0.1, 0.15) is 0 Å². The van der Waals surface area contributed by atoms with Gasteiger partial charge in [0, 0.05) is 12.8 Å². The number of benzene rings is 1. The summed E-state index contributed by atoms with van der Waals surface area (Å²) in [6, 6.07) is 6.16. The lowest BCUT2D eigenvalue weighted by Crippen LogP contribution is -2.35. The molecule has 3 nitrogen and oxygen atoms in total. The molecule has 0 N–H and O–H groups in total. The number of carbonyl (C=O) groups excluding carboxylic acids is 1. The smallest absolute Gasteiger partial charge is 0.253 e. The van der Waals surface area contributed by atoms with Crippen molar-refractivity contribution >= 4 is 23.2 Å². The average molecular weight is 197 g/mol. The topological polar surface area (TPSA) is 29.5 Å². The van der Waals surface area contributed by atoms with Crippen LogP contribution in [0.2, 0.25) is 5.02 Å². The Morgan fingerprint density at radius 3 is 3.23 bits per heavy atom. The standard InChI is InChI=1S/C9H7ClNO2/c1-11-7-4-6(10)2-3-8(7)13-5-9(11)12/h2,4H,5H2,1H3/q-1. The van der Waals surface area contributed by atoms with E-state index >= 15 is 0 Å². The van der Waals surface area contributed by atoms with Crippen LogP contribution in [0.1, 0.15) is 0 Å². The van der Waals surface area contributed by atoms with E-state index in [0.29, 0.717) is 16.5 Å². The molecule has 1 aromatic carbocycles. The molecule has 13 heavy (non-hydrogen) atoms. The number of halogens is 1. The van der Waals surface area contributed by atoms with E-state index < -0.39 is 0 Å². The second kappa shape index (κ2) is 2.92. The third kappa shape index (κ3) is 1.35. The second-order valence-electron chi connectivity index (χ2n) is 2.77. The van der Waals surface area contributed by atoms with E-state index in [4.69, 9.17) is 16.3 Å². The first-order chi connectivity index (χ1) is 6.18. The fourth-order valence-corrected chi connectivity index (χ4v) is 1.33. The van der Waals surface area contributed by atoms with Crippen LogP contribution in [-0.4, -0.2) is 19.6 Å². The molecule has 68 valence electrons. The van der Waals surface area contributed by atoms with Gasteiger partial charge in [0.15, 0.2) is 6.61 Å². The summed E-state index contributed by atoms with van der Waals surface area (Å²) in [6.07, 6.45) is 0. The Morgan fingerprint density at radius 1 is 1.69 bits per heavy atom. The van der Waals surface area contributed by atoms with Crippen LogP contribution < -0.4 is 9.64 Å². The Hall–Kier alpha value is -1.22. The van der Waals surface area contributed by atoms with Crippen molar-refractivity contribution in [3.05, 3.63) is 23.2 Å². The maximum atomic E-state index is 11.2. The zero-order valence-electron chi connectivity index (χ0n) is 7.00. The summed E-state index contributed by atoms with van der Waals surface area (Å²) in [4.78, 5) is 12.7. The molecule has 1 amide bonds. The molecule has 1 aromatic rings. The summed E-state index contributed by atoms with van der Waals surface area (Å²) < 4.78 is 5.16. The van der Waals surface area contributed by atoms with Gasteiger partial charge in [-0.2, -0.15) is 17.7 Å². The summed E-state index contributed by atoms with van der Waals surface area (Å²) in [7, 11) is 1.69. The third-order valence-corrected chi connectivity index (χ3v) is 2.14. The largest absolute Gasteiger partial charge is 0.508 e. The van der Waals surface area contributed by atoms with E-state index in [1.54, 1.807) is 19.2 Å². The second-order valence-corrected chi connectivity index (χ2v) is 3.21. The van der Waals surface area contributed by atoms with Crippen LogP contribution in [0, 0.1) is 6.07 Å². The van der Waals surface area contributed by atoms with E-state index in [-0.39, 0.29) is 12.5 Å². The van der Waals surface area contributed by atoms with Gasteiger partial charge in [-0.25, -0.2) is 0 Å². The molecule has 0 spiro atoms. The lowest BCUT2D eigenvalue weighted by atomic mass is 10.2. The molecule has 0 atom stereocenters. The first-order valence-corrected chi connectivity index (χ1v) is 4.17. The zero-order valence-corrected chi connectivity index (χ0v) is 7.76. The van der Waals surface area contributed by atoms with Crippen LogP contribution in [0.4, 0.5) is 5.69 Å². The van der Waals surface area contributed by atoms with Gasteiger partial charge in [0.25, 0.3) is 5.91 Å². The number of hydrogen-bond donors (Lipinski definition) is 0. The third-order valence-electron chi connectivity index (χ3n) is 1.92. The van der Waals surface area contributed by atoms with Gasteiger partial charge in [0.05, 0.1) is 0 Å². The monoisotopic (exact) mass is 196 g/mol. The number of ether oxygens (including phenoxy) is 1. The van der Waals surface area contributed by atoms with Crippen molar-refractivity contribution in [2.24, 2.45) is 0 Å². The minimum absolute atomic E-state index is 0.0711. The summed E-state index contributed by atoms with van der Waals surface area (Å²) in [5.74, 6) is 0.495. The predicted octanol–water partition coefficient (Wildman–Crippen LogP) is 1.50. The van der Waals surface area contributed by atoms with Gasteiger partial charge in [-0.05, 0) is 5.69 Å². The van der Waals surface area contributed by atoms with Crippen LogP contribution in [0.25, 0.3) is 0 Å². The van der Waals surface area contributed by atoms with Crippen molar-refractivity contribution in [3.63, 3.8) is 0 Å². The first kappa shape index (κ1) is 8.38. The van der Waals surface area contributed by atoms with Crippen molar-refractivity contribution in [2.75, 3.05) is 18.6 Å². The molecular weight excluding hydrogens is 190 g/mol. The molecule has 0 aromatic heterocycles. The lowest BCUT2D eigenvalue weighted by molar-refractivity contribution is -0.120. The average Bonchev–Trinajstić information content (AvgIpc) is 2.12. The van der Waals surface area contributed by atoms with Crippen LogP contribution >= 0.6 is 11.6 Å². The summed E-state index contributed by atoms with van der Waals surface area (Å²) in [5, 5.41) is 0.545. The highest BCUT2D eigenvalue weighted by molar-refractivity contribution is 6.31. The Balaban J connectivity index is 2.51. The highest BCUT2D eigenvalue weighted by Crippen LogP contribution is 2.32. The molecule has 0 radical (unpaired) electrons. The van der Waals surface area contributed by atoms with Crippen molar-refractivity contribution in [2.45, 2.75) is 0 Å². The molecular formula is C9H7ClNO2-. The van der Waals surface area contributed by atoms with E-state index in [0.717, 1.165) is 0 Å². The molecule has 4 heteroatoms. The van der Waals surface area contributed by atoms with Gasteiger partial charge in [-0.15, -0.1) is 12.1 Å². The van der Waals surface area contributed by atoms with Gasteiger partial charge >= 0.3 is 0 Å². The maximum absolute atomic E-state index is 11.2. The van der Waals surface area contributed by atoms with Gasteiger partial charge in [-0.3, -0.25) is 4.79 Å². The maximum Gasteiger partial charge on any atom is 0.253 e. The van der Waals surface area contributed by atoms with Crippen molar-refractivity contribution in [1.82, 2.24) is 0 Å². The van der Waals surface area contributed by atoms with E-state index in [1.807, 2.05) is 0 Å². The number of anilines is 1. The molecule has 0 saturated heterocycles. The first-order valence-electron chi connectivity index (χ1n) is 3.79. The van der Waals surface area contributed by atoms with Gasteiger partial charge in [-0.1, -0.05) is 5.02 Å². The van der Waals surface area contributed by atoms with Crippen molar-refractivity contribution < 1.29 is 9.53 Å². The Morgan fingerprint density at radius 2 is 2.46 bits per heavy atom. The Labute approximate surface area is 80.9 Å². The van der Waals surface area contributed by atoms with Crippen molar-refractivity contribution in [1.29, 1.82) is 0 Å². The van der Waals surface area contributed by atoms with Crippen LogP contribution in [0.3, 0.4) is 0 Å². The quantitative estimate of drug-likeness (QED) is 0.589. The molecule has 0 bridgehead atoms. The summed E-state index contributed by atoms with van der Waals surface area (Å²) in [5.41, 5.74) is 0.670. The SMILES string of the molecule is CN1C(=O)COc2[c-]cc(Cl)cc21. The molecule has 1 heterocycles. The predicted molar refractivity (Wildman–Crippen MR) is 49.2 cm³/mol. The van der Waals surface area contributed by atoms with Crippen LogP contribution in [0.5, 0.6) is 5.75 Å². The van der Waals surface area contributed by atoms with E-state index in [9.17, 15) is 4.79 Å². The minimum atomic E-state index is -0.0804. The highest BCUT2D eigenvalue weighted by Gasteiger charge is 2.15. The Kier molecular flexibility index (Phi) is 1.88. The van der Waals surface area contributed by atoms with Crippen LogP contribution in [-0.2, 0) is 4.79 Å². The normalized spacial score (nSPS) is 15.2. The van der Waals surface area contributed by atoms with Crippen molar-refractivity contribution in [3.8, 4) is 5.75 Å². The molecule has 0 aliphatic carbocycles. The lowest BCUT2D eigenvalue weighted by Gasteiger charge is -2.31. The number of likely N-dealkylation sites (N-methyl/N-ethyl adjacent to an activating group) is 1. The highest BCUT2D eigenvalue weighted by atomic mass is 35.5. The number of carbonyl (C=O) groups is 1. The number of rotatable bonds is 0.